The molecule has 5 nitrogen and oxygen atoms in total. The van der Waals surface area contributed by atoms with Gasteiger partial charge in [0.2, 0.25) is 0 Å². The zero-order chi connectivity index (χ0) is 17.5. The second-order valence-electron chi connectivity index (χ2n) is 6.77. The summed E-state index contributed by atoms with van der Waals surface area (Å²) in [7, 11) is 0. The van der Waals surface area contributed by atoms with Crippen LogP contribution in [-0.4, -0.2) is 36.1 Å². The van der Waals surface area contributed by atoms with Crippen LogP contribution in [0.4, 0.5) is 4.79 Å². The molecule has 1 aromatic rings. The normalized spacial score (nSPS) is 12.6. The van der Waals surface area contributed by atoms with E-state index in [4.69, 9.17) is 14.6 Å². The molecule has 0 unspecified atom stereocenters. The number of hydrogen-bond acceptors (Lipinski definition) is 4. The monoisotopic (exact) mass is 323 g/mol. The summed E-state index contributed by atoms with van der Waals surface area (Å²) >= 11 is 0. The van der Waals surface area contributed by atoms with Gasteiger partial charge in [0, 0.05) is 6.04 Å². The van der Waals surface area contributed by atoms with Crippen LogP contribution in [-0.2, 0) is 11.2 Å². The third-order valence-electron chi connectivity index (χ3n) is 3.18. The lowest BCUT2D eigenvalue weighted by atomic mass is 10.0. The van der Waals surface area contributed by atoms with Crippen molar-refractivity contribution in [3.63, 3.8) is 0 Å². The molecule has 1 rings (SSSR count). The second-order valence-corrected chi connectivity index (χ2v) is 6.77. The van der Waals surface area contributed by atoms with Crippen molar-refractivity contribution in [1.82, 2.24) is 5.32 Å². The minimum absolute atomic E-state index is 0.00292. The average Bonchev–Trinajstić information content (AvgIpc) is 2.41. The lowest BCUT2D eigenvalue weighted by Gasteiger charge is -2.22. The van der Waals surface area contributed by atoms with E-state index >= 15 is 0 Å². The Labute approximate surface area is 139 Å². The predicted octanol–water partition coefficient (Wildman–Crippen LogP) is 3.21. The van der Waals surface area contributed by atoms with Crippen molar-refractivity contribution >= 4 is 6.09 Å². The van der Waals surface area contributed by atoms with Crippen molar-refractivity contribution in [2.75, 3.05) is 13.2 Å². The predicted molar refractivity (Wildman–Crippen MR) is 90.9 cm³/mol. The maximum atomic E-state index is 11.7. The van der Waals surface area contributed by atoms with Gasteiger partial charge in [0.05, 0.1) is 6.61 Å². The molecule has 0 bridgehead atoms. The van der Waals surface area contributed by atoms with Crippen molar-refractivity contribution in [1.29, 1.82) is 0 Å². The van der Waals surface area contributed by atoms with Gasteiger partial charge < -0.3 is 19.9 Å². The van der Waals surface area contributed by atoms with Gasteiger partial charge >= 0.3 is 6.09 Å². The van der Waals surface area contributed by atoms with Gasteiger partial charge in [-0.15, -0.1) is 0 Å². The van der Waals surface area contributed by atoms with Gasteiger partial charge in [-0.25, -0.2) is 4.79 Å². The molecule has 0 aliphatic rings. The molecule has 5 heteroatoms. The fourth-order valence-corrected chi connectivity index (χ4v) is 2.11. The first-order valence-corrected chi connectivity index (χ1v) is 8.04. The van der Waals surface area contributed by atoms with Crippen molar-refractivity contribution in [2.24, 2.45) is 0 Å². The number of rotatable bonds is 7. The van der Waals surface area contributed by atoms with E-state index in [1.165, 1.54) is 0 Å². The minimum Gasteiger partial charge on any atom is -0.491 e. The lowest BCUT2D eigenvalue weighted by molar-refractivity contribution is 0.0506. The van der Waals surface area contributed by atoms with E-state index in [-0.39, 0.29) is 19.3 Å². The van der Waals surface area contributed by atoms with Crippen LogP contribution in [0.1, 0.15) is 45.2 Å². The summed E-state index contributed by atoms with van der Waals surface area (Å²) in [5.41, 5.74) is 1.69. The fraction of sp³-hybridized carbons (Fsp3) is 0.611. The summed E-state index contributed by atoms with van der Waals surface area (Å²) in [5, 5.41) is 11.8. The van der Waals surface area contributed by atoms with Gasteiger partial charge in [-0.05, 0) is 64.7 Å². The van der Waals surface area contributed by atoms with E-state index in [1.807, 2.05) is 52.8 Å². The Morgan fingerprint density at radius 1 is 1.35 bits per heavy atom. The SMILES string of the molecule is Cc1ccc(CC[C@H](C)NC(=O)OC(C)(C)C)c(OCCO)c1. The van der Waals surface area contributed by atoms with Crippen molar-refractivity contribution in [2.45, 2.75) is 59.1 Å². The largest absolute Gasteiger partial charge is 0.491 e. The molecule has 1 aromatic carbocycles. The van der Waals surface area contributed by atoms with Crippen LogP contribution in [0.2, 0.25) is 0 Å². The Bertz CT molecular complexity index is 508. The van der Waals surface area contributed by atoms with Crippen LogP contribution in [0.15, 0.2) is 18.2 Å². The highest BCUT2D eigenvalue weighted by molar-refractivity contribution is 5.68. The zero-order valence-electron chi connectivity index (χ0n) is 14.8. The molecular formula is C18H29NO4. The lowest BCUT2D eigenvalue weighted by Crippen LogP contribution is -2.37. The van der Waals surface area contributed by atoms with Crippen molar-refractivity contribution in [3.8, 4) is 5.75 Å². The molecule has 1 atom stereocenters. The summed E-state index contributed by atoms with van der Waals surface area (Å²) in [6.07, 6.45) is 1.15. The van der Waals surface area contributed by atoms with E-state index < -0.39 is 11.7 Å². The molecule has 23 heavy (non-hydrogen) atoms. The average molecular weight is 323 g/mol. The maximum Gasteiger partial charge on any atom is 0.407 e. The number of aliphatic hydroxyl groups excluding tert-OH is 1. The molecule has 130 valence electrons. The molecule has 1 amide bonds. The number of carbonyl (C=O) groups excluding carboxylic acids is 1. The summed E-state index contributed by atoms with van der Waals surface area (Å²) in [4.78, 5) is 11.7. The maximum absolute atomic E-state index is 11.7. The molecule has 0 aliphatic heterocycles. The van der Waals surface area contributed by atoms with Gasteiger partial charge in [-0.3, -0.25) is 0 Å². The minimum atomic E-state index is -0.494. The Kier molecular flexibility index (Phi) is 7.36. The second kappa shape index (κ2) is 8.77. The highest BCUT2D eigenvalue weighted by atomic mass is 16.6. The Balaban J connectivity index is 2.55. The number of carbonyl (C=O) groups is 1. The first-order valence-electron chi connectivity index (χ1n) is 8.04. The van der Waals surface area contributed by atoms with Gasteiger partial charge in [0.25, 0.3) is 0 Å². The molecule has 0 fully saturated rings. The topological polar surface area (TPSA) is 67.8 Å². The first-order chi connectivity index (χ1) is 10.7. The molecule has 0 radical (unpaired) electrons. The van der Waals surface area contributed by atoms with E-state index in [0.717, 1.165) is 29.7 Å². The molecule has 0 aliphatic carbocycles. The number of amides is 1. The summed E-state index contributed by atoms with van der Waals surface area (Å²) in [6.45, 7) is 9.75. The Hall–Kier alpha value is -1.75. The van der Waals surface area contributed by atoms with E-state index in [2.05, 4.69) is 5.32 Å². The smallest absolute Gasteiger partial charge is 0.407 e. The van der Waals surface area contributed by atoms with Gasteiger partial charge in [-0.1, -0.05) is 12.1 Å². The number of ether oxygens (including phenoxy) is 2. The van der Waals surface area contributed by atoms with E-state index in [0.29, 0.717) is 0 Å². The fourth-order valence-electron chi connectivity index (χ4n) is 2.11. The molecule has 0 saturated carbocycles. The third kappa shape index (κ3) is 7.88. The molecule has 0 spiro atoms. The number of hydrogen-bond donors (Lipinski definition) is 2. The summed E-state index contributed by atoms with van der Waals surface area (Å²) in [6, 6.07) is 6.03. The van der Waals surface area contributed by atoms with Crippen LogP contribution >= 0.6 is 0 Å². The molecule has 2 N–H and O–H groups in total. The number of aliphatic hydroxyl groups is 1. The van der Waals surface area contributed by atoms with E-state index in [9.17, 15) is 4.79 Å². The van der Waals surface area contributed by atoms with Crippen LogP contribution in [0.3, 0.4) is 0 Å². The third-order valence-corrected chi connectivity index (χ3v) is 3.18. The number of benzene rings is 1. The van der Waals surface area contributed by atoms with Gasteiger partial charge in [0.15, 0.2) is 0 Å². The van der Waals surface area contributed by atoms with Crippen LogP contribution in [0.25, 0.3) is 0 Å². The van der Waals surface area contributed by atoms with Crippen LogP contribution < -0.4 is 10.1 Å². The number of nitrogens with one attached hydrogen (secondary N) is 1. The van der Waals surface area contributed by atoms with Crippen LogP contribution in [0, 0.1) is 6.92 Å². The van der Waals surface area contributed by atoms with Crippen molar-refractivity contribution < 1.29 is 19.4 Å². The van der Waals surface area contributed by atoms with Gasteiger partial charge in [-0.2, -0.15) is 0 Å². The summed E-state index contributed by atoms with van der Waals surface area (Å²) < 4.78 is 10.8. The van der Waals surface area contributed by atoms with Gasteiger partial charge in [0.1, 0.15) is 18.0 Å². The molecule has 0 saturated heterocycles. The quantitative estimate of drug-likeness (QED) is 0.808. The Morgan fingerprint density at radius 3 is 2.65 bits per heavy atom. The molecule has 0 aromatic heterocycles. The molecular weight excluding hydrogens is 294 g/mol. The number of aryl methyl sites for hydroxylation is 2. The molecule has 0 heterocycles. The highest BCUT2D eigenvalue weighted by Crippen LogP contribution is 2.22. The van der Waals surface area contributed by atoms with Crippen molar-refractivity contribution in [3.05, 3.63) is 29.3 Å². The highest BCUT2D eigenvalue weighted by Gasteiger charge is 2.17. The Morgan fingerprint density at radius 2 is 2.04 bits per heavy atom. The van der Waals surface area contributed by atoms with E-state index in [1.54, 1.807) is 0 Å². The zero-order valence-corrected chi connectivity index (χ0v) is 14.8. The van der Waals surface area contributed by atoms with Crippen LogP contribution in [0.5, 0.6) is 5.75 Å². The standard InChI is InChI=1S/C18H29NO4/c1-13-6-8-15(16(12-13)22-11-10-20)9-7-14(2)19-17(21)23-18(3,4)5/h6,8,12,14,20H,7,9-11H2,1-5H3,(H,19,21)/t14-/m0/s1. The summed E-state index contributed by atoms with van der Waals surface area (Å²) in [5.74, 6) is 0.795. The first kappa shape index (κ1) is 19.3. The number of alkyl carbamates (subject to hydrolysis) is 1.